The molecule has 45 heavy (non-hydrogen) atoms. The topological polar surface area (TPSA) is 9.23 Å². The Morgan fingerprint density at radius 2 is 1.04 bits per heavy atom. The molecule has 1 aliphatic heterocycles. The van der Waals surface area contributed by atoms with Crippen LogP contribution in [-0.2, 0) is 0 Å². The van der Waals surface area contributed by atoms with Gasteiger partial charge in [0.25, 0.3) is 0 Å². The highest BCUT2D eigenvalue weighted by atomic mass is 16.5. The zero-order chi connectivity index (χ0) is 29.7. The maximum atomic E-state index is 6.58. The fraction of sp³-hybridized carbons (Fsp3) is 0.0909. The second kappa shape index (κ2) is 10.6. The molecule has 1 heteroatoms. The first-order valence-corrected chi connectivity index (χ1v) is 16.0. The molecule has 7 aromatic carbocycles. The van der Waals surface area contributed by atoms with Crippen molar-refractivity contribution in [3.05, 3.63) is 175 Å². The van der Waals surface area contributed by atoms with Crippen LogP contribution in [0.2, 0.25) is 0 Å². The summed E-state index contributed by atoms with van der Waals surface area (Å²) >= 11 is 0. The molecule has 0 radical (unpaired) electrons. The first kappa shape index (κ1) is 26.0. The van der Waals surface area contributed by atoms with Crippen LogP contribution in [0.15, 0.2) is 164 Å². The van der Waals surface area contributed by atoms with Crippen LogP contribution >= 0.6 is 0 Å². The molecule has 0 fully saturated rings. The maximum absolute atomic E-state index is 6.58. The minimum Gasteiger partial charge on any atom is -0.485 e. The zero-order valence-corrected chi connectivity index (χ0v) is 24.9. The third-order valence-electron chi connectivity index (χ3n) is 9.85. The predicted molar refractivity (Wildman–Crippen MR) is 188 cm³/mol. The molecule has 7 aromatic rings. The highest BCUT2D eigenvalue weighted by Gasteiger charge is 2.38. The normalized spacial score (nSPS) is 18.4. The Morgan fingerprint density at radius 1 is 0.467 bits per heavy atom. The molecule has 2 aliphatic rings. The number of hydrogen-bond donors (Lipinski definition) is 0. The van der Waals surface area contributed by atoms with E-state index in [-0.39, 0.29) is 12.0 Å². The van der Waals surface area contributed by atoms with E-state index in [1.54, 1.807) is 0 Å². The summed E-state index contributed by atoms with van der Waals surface area (Å²) in [6.07, 6.45) is 5.84. The molecule has 0 saturated carbocycles. The average Bonchev–Trinajstić information content (AvgIpc) is 3.48. The molecule has 0 amide bonds. The van der Waals surface area contributed by atoms with Gasteiger partial charge < -0.3 is 4.74 Å². The molecule has 0 saturated heterocycles. The van der Waals surface area contributed by atoms with Crippen LogP contribution < -0.4 is 4.74 Å². The summed E-state index contributed by atoms with van der Waals surface area (Å²) in [6.45, 7) is 0. The van der Waals surface area contributed by atoms with Gasteiger partial charge in [0.1, 0.15) is 11.9 Å². The van der Waals surface area contributed by atoms with E-state index in [1.807, 2.05) is 0 Å². The minimum absolute atomic E-state index is 0.0804. The Labute approximate surface area is 264 Å². The van der Waals surface area contributed by atoms with Gasteiger partial charge in [0.05, 0.1) is 0 Å². The standard InChI is InChI=1S/C44H32O/c1-3-13-29(14-4-1)31-23-25-34-40-27-32(24-26-41(40)45-42(34)28-31)43-36-19-9-11-21-38(36)44(39-22-12-10-20-37(39)43)35-18-8-7-17-33(35)30-15-5-2-6-16-30/h1-26,28,32,40-41H,27H2. The molecule has 214 valence electrons. The van der Waals surface area contributed by atoms with Crippen LogP contribution in [-0.4, -0.2) is 6.10 Å². The van der Waals surface area contributed by atoms with Crippen LogP contribution in [0.3, 0.4) is 0 Å². The van der Waals surface area contributed by atoms with Gasteiger partial charge in [-0.3, -0.25) is 0 Å². The zero-order valence-electron chi connectivity index (χ0n) is 24.9. The molecule has 3 unspecified atom stereocenters. The Kier molecular flexibility index (Phi) is 6.16. The molecule has 0 N–H and O–H groups in total. The number of fused-ring (bicyclic) bond motifs is 5. The van der Waals surface area contributed by atoms with E-state index in [1.165, 1.54) is 66.1 Å². The predicted octanol–water partition coefficient (Wildman–Crippen LogP) is 11.6. The molecule has 1 nitrogen and oxygen atoms in total. The van der Waals surface area contributed by atoms with Crippen molar-refractivity contribution in [2.24, 2.45) is 0 Å². The fourth-order valence-corrected chi connectivity index (χ4v) is 7.83. The van der Waals surface area contributed by atoms with Crippen molar-refractivity contribution in [1.29, 1.82) is 0 Å². The first-order chi connectivity index (χ1) is 22.3. The van der Waals surface area contributed by atoms with E-state index < -0.39 is 0 Å². The van der Waals surface area contributed by atoms with Crippen molar-refractivity contribution >= 4 is 21.5 Å². The monoisotopic (exact) mass is 576 g/mol. The Hall–Kier alpha value is -5.40. The summed E-state index contributed by atoms with van der Waals surface area (Å²) in [5.74, 6) is 1.64. The first-order valence-electron chi connectivity index (χ1n) is 16.0. The number of allylic oxidation sites excluding steroid dienone is 1. The van der Waals surface area contributed by atoms with E-state index >= 15 is 0 Å². The van der Waals surface area contributed by atoms with Crippen molar-refractivity contribution in [1.82, 2.24) is 0 Å². The van der Waals surface area contributed by atoms with E-state index in [2.05, 4.69) is 164 Å². The summed E-state index contributed by atoms with van der Waals surface area (Å²) in [4.78, 5) is 0. The fourth-order valence-electron chi connectivity index (χ4n) is 7.83. The number of ether oxygens (including phenoxy) is 1. The molecule has 9 rings (SSSR count). The third kappa shape index (κ3) is 4.30. The molecule has 3 atom stereocenters. The van der Waals surface area contributed by atoms with Crippen LogP contribution in [0.25, 0.3) is 54.9 Å². The van der Waals surface area contributed by atoms with Crippen LogP contribution in [0, 0.1) is 0 Å². The average molecular weight is 577 g/mol. The summed E-state index contributed by atoms with van der Waals surface area (Å²) in [7, 11) is 0. The van der Waals surface area contributed by atoms with Gasteiger partial charge in [-0.25, -0.2) is 0 Å². The molecule has 1 aliphatic carbocycles. The lowest BCUT2D eigenvalue weighted by Crippen LogP contribution is -2.22. The molecule has 1 heterocycles. The van der Waals surface area contributed by atoms with E-state index in [0.29, 0.717) is 5.92 Å². The highest BCUT2D eigenvalue weighted by Crippen LogP contribution is 2.51. The van der Waals surface area contributed by atoms with Gasteiger partial charge in [0, 0.05) is 17.4 Å². The lowest BCUT2D eigenvalue weighted by molar-refractivity contribution is 0.240. The van der Waals surface area contributed by atoms with Gasteiger partial charge in [-0.2, -0.15) is 0 Å². The lowest BCUT2D eigenvalue weighted by Gasteiger charge is -2.29. The van der Waals surface area contributed by atoms with E-state index in [4.69, 9.17) is 4.74 Å². The van der Waals surface area contributed by atoms with Crippen LogP contribution in [0.5, 0.6) is 5.75 Å². The Bertz CT molecular complexity index is 2170. The minimum atomic E-state index is 0.0804. The molecular weight excluding hydrogens is 544 g/mol. The van der Waals surface area contributed by atoms with Crippen LogP contribution in [0.1, 0.15) is 29.4 Å². The van der Waals surface area contributed by atoms with Gasteiger partial charge in [-0.1, -0.05) is 152 Å². The van der Waals surface area contributed by atoms with Gasteiger partial charge >= 0.3 is 0 Å². The van der Waals surface area contributed by atoms with E-state index in [9.17, 15) is 0 Å². The van der Waals surface area contributed by atoms with E-state index in [0.717, 1.165) is 12.2 Å². The summed E-state index contributed by atoms with van der Waals surface area (Å²) in [5.41, 5.74) is 10.3. The largest absolute Gasteiger partial charge is 0.485 e. The van der Waals surface area contributed by atoms with Gasteiger partial charge in [-0.15, -0.1) is 0 Å². The second-order valence-corrected chi connectivity index (χ2v) is 12.3. The van der Waals surface area contributed by atoms with Crippen molar-refractivity contribution in [2.45, 2.75) is 24.4 Å². The molecule has 0 spiro atoms. The van der Waals surface area contributed by atoms with Crippen molar-refractivity contribution in [3.8, 4) is 39.1 Å². The summed E-state index contributed by atoms with van der Waals surface area (Å²) in [6, 6.07) is 55.1. The Balaban J connectivity index is 1.19. The summed E-state index contributed by atoms with van der Waals surface area (Å²) < 4.78 is 6.58. The number of benzene rings is 7. The van der Waals surface area contributed by atoms with Gasteiger partial charge in [-0.05, 0) is 79.1 Å². The lowest BCUT2D eigenvalue weighted by atomic mass is 9.75. The van der Waals surface area contributed by atoms with Crippen molar-refractivity contribution < 1.29 is 4.74 Å². The second-order valence-electron chi connectivity index (χ2n) is 12.3. The molecule has 0 aromatic heterocycles. The third-order valence-corrected chi connectivity index (χ3v) is 9.85. The van der Waals surface area contributed by atoms with Crippen molar-refractivity contribution in [2.75, 3.05) is 0 Å². The number of hydrogen-bond acceptors (Lipinski definition) is 1. The highest BCUT2D eigenvalue weighted by molar-refractivity contribution is 6.17. The number of rotatable bonds is 4. The molecular formula is C44H32O. The summed E-state index contributed by atoms with van der Waals surface area (Å²) in [5, 5.41) is 5.28. The Morgan fingerprint density at radius 3 is 1.73 bits per heavy atom. The van der Waals surface area contributed by atoms with Crippen LogP contribution in [0.4, 0.5) is 0 Å². The quantitative estimate of drug-likeness (QED) is 0.150. The van der Waals surface area contributed by atoms with Crippen molar-refractivity contribution in [3.63, 3.8) is 0 Å². The SMILES string of the molecule is C1=CC2Oc3cc(-c4ccccc4)ccc3C2CC1c1c2ccccc2c(-c2ccccc2-c2ccccc2)c2ccccc12. The smallest absolute Gasteiger partial charge is 0.124 e. The molecule has 0 bridgehead atoms. The maximum Gasteiger partial charge on any atom is 0.124 e. The van der Waals surface area contributed by atoms with Gasteiger partial charge in [0.2, 0.25) is 0 Å². The van der Waals surface area contributed by atoms with Gasteiger partial charge in [0.15, 0.2) is 0 Å².